The van der Waals surface area contributed by atoms with Gasteiger partial charge in [0.15, 0.2) is 17.5 Å². The van der Waals surface area contributed by atoms with Crippen LogP contribution in [0.15, 0.2) is 23.1 Å². The van der Waals surface area contributed by atoms with Crippen LogP contribution in [-0.4, -0.2) is 28.6 Å². The summed E-state index contributed by atoms with van der Waals surface area (Å²) in [6.45, 7) is 0.00461. The molecule has 2 aromatic rings. The largest absolute Gasteiger partial charge is 0.490 e. The maximum atomic E-state index is 13.7. The fourth-order valence-corrected chi connectivity index (χ4v) is 4.88. The summed E-state index contributed by atoms with van der Waals surface area (Å²) in [5, 5.41) is 3.07. The molecule has 0 spiro atoms. The number of benzene rings is 1. The Morgan fingerprint density at radius 3 is 2.61 bits per heavy atom. The lowest BCUT2D eigenvalue weighted by Gasteiger charge is -2.41. The number of rotatable bonds is 5. The minimum absolute atomic E-state index is 0.00461. The van der Waals surface area contributed by atoms with E-state index >= 15 is 0 Å². The minimum Gasteiger partial charge on any atom is -0.490 e. The molecule has 1 N–H and O–H groups in total. The van der Waals surface area contributed by atoms with Crippen molar-refractivity contribution >= 4 is 5.91 Å². The van der Waals surface area contributed by atoms with Crippen LogP contribution in [0.5, 0.6) is 5.75 Å². The number of amides is 1. The molecule has 0 radical (unpaired) electrons. The van der Waals surface area contributed by atoms with E-state index in [2.05, 4.69) is 10.3 Å². The van der Waals surface area contributed by atoms with Gasteiger partial charge in [0.1, 0.15) is 5.82 Å². The summed E-state index contributed by atoms with van der Waals surface area (Å²) in [7, 11) is 1.34. The predicted molar refractivity (Wildman–Crippen MR) is 106 cm³/mol. The van der Waals surface area contributed by atoms with E-state index in [4.69, 9.17) is 4.74 Å². The molecule has 2 aliphatic rings. The van der Waals surface area contributed by atoms with Crippen LogP contribution < -0.4 is 15.6 Å². The zero-order chi connectivity index (χ0) is 22.1. The van der Waals surface area contributed by atoms with Gasteiger partial charge in [0, 0.05) is 25.4 Å². The molecule has 166 valence electrons. The first-order valence-electron chi connectivity index (χ1n) is 10.4. The van der Waals surface area contributed by atoms with Crippen LogP contribution in [0.3, 0.4) is 0 Å². The first-order chi connectivity index (χ1) is 14.9. The van der Waals surface area contributed by atoms with Crippen molar-refractivity contribution in [1.29, 1.82) is 0 Å². The van der Waals surface area contributed by atoms with Gasteiger partial charge in [0.2, 0.25) is 11.7 Å². The number of piperidine rings is 1. The number of hydrogen-bond donors (Lipinski definition) is 1. The number of hydrogen-bond acceptors (Lipinski definition) is 4. The van der Waals surface area contributed by atoms with Crippen molar-refractivity contribution in [2.75, 3.05) is 7.11 Å². The Labute approximate surface area is 177 Å². The molecule has 2 heterocycles. The minimum atomic E-state index is -1.52. The normalized spacial score (nSPS) is 23.2. The monoisotopic (exact) mass is 435 g/mol. The van der Waals surface area contributed by atoms with Crippen molar-refractivity contribution in [2.45, 2.75) is 51.1 Å². The van der Waals surface area contributed by atoms with Crippen molar-refractivity contribution in [3.63, 3.8) is 0 Å². The van der Waals surface area contributed by atoms with Gasteiger partial charge >= 0.3 is 5.56 Å². The maximum absolute atomic E-state index is 13.7. The molecule has 1 saturated heterocycles. The van der Waals surface area contributed by atoms with Gasteiger partial charge in [-0.3, -0.25) is 9.59 Å². The van der Waals surface area contributed by atoms with Gasteiger partial charge < -0.3 is 14.6 Å². The summed E-state index contributed by atoms with van der Waals surface area (Å²) in [6.07, 6.45) is 6.06. The number of nitrogens with one attached hydrogen (secondary N) is 1. The molecule has 0 bridgehead atoms. The van der Waals surface area contributed by atoms with E-state index in [1.54, 1.807) is 4.57 Å². The number of aromatic nitrogens is 2. The molecule has 9 heteroatoms. The molecule has 1 amide bonds. The number of carbonyl (C=O) groups excluding carboxylic acids is 1. The van der Waals surface area contributed by atoms with Crippen LogP contribution in [-0.2, 0) is 17.8 Å². The third kappa shape index (κ3) is 4.45. The Morgan fingerprint density at radius 2 is 1.90 bits per heavy atom. The van der Waals surface area contributed by atoms with Gasteiger partial charge in [-0.15, -0.1) is 0 Å². The first kappa shape index (κ1) is 21.4. The summed E-state index contributed by atoms with van der Waals surface area (Å²) < 4.78 is 47.4. The zero-order valence-corrected chi connectivity index (χ0v) is 17.2. The summed E-state index contributed by atoms with van der Waals surface area (Å²) >= 11 is 0. The highest BCUT2D eigenvalue weighted by molar-refractivity contribution is 5.77. The van der Waals surface area contributed by atoms with Crippen molar-refractivity contribution in [1.82, 2.24) is 14.9 Å². The highest BCUT2D eigenvalue weighted by Crippen LogP contribution is 2.37. The molecule has 1 aromatic carbocycles. The molecule has 2 fully saturated rings. The lowest BCUT2D eigenvalue weighted by atomic mass is 9.70. The van der Waals surface area contributed by atoms with E-state index < -0.39 is 23.0 Å². The second-order valence-corrected chi connectivity index (χ2v) is 8.30. The number of halogens is 3. The Morgan fingerprint density at radius 1 is 1.16 bits per heavy atom. The van der Waals surface area contributed by atoms with Gasteiger partial charge in [-0.25, -0.2) is 13.2 Å². The van der Waals surface area contributed by atoms with Gasteiger partial charge in [0.25, 0.3) is 0 Å². The molecule has 4 rings (SSSR count). The van der Waals surface area contributed by atoms with E-state index in [1.807, 2.05) is 0 Å². The first-order valence-corrected chi connectivity index (χ1v) is 10.4. The van der Waals surface area contributed by atoms with E-state index in [0.29, 0.717) is 24.6 Å². The Hall–Kier alpha value is -2.84. The summed E-state index contributed by atoms with van der Waals surface area (Å²) in [4.78, 5) is 28.3. The van der Waals surface area contributed by atoms with Gasteiger partial charge in [-0.05, 0) is 48.8 Å². The van der Waals surface area contributed by atoms with Gasteiger partial charge in [-0.2, -0.15) is 4.98 Å². The summed E-state index contributed by atoms with van der Waals surface area (Å²) in [6, 6.07) is 1.99. The number of ether oxygens (including phenoxy) is 1. The molecular weight excluding hydrogens is 411 g/mol. The molecule has 3 unspecified atom stereocenters. The molecule has 1 aliphatic carbocycles. The Balaban J connectivity index is 1.65. The number of carbonyl (C=O) groups is 1. The predicted octanol–water partition coefficient (Wildman–Crippen LogP) is 2.95. The SMILES string of the molecule is COc1cn(Cc2cc(F)c(F)c(F)c2)c(CC2CCCC3NC(=O)CCC23)nc1=O. The van der Waals surface area contributed by atoms with Gasteiger partial charge in [0.05, 0.1) is 13.3 Å². The maximum Gasteiger partial charge on any atom is 0.315 e. The topological polar surface area (TPSA) is 73.2 Å². The number of fused-ring (bicyclic) bond motifs is 1. The summed E-state index contributed by atoms with van der Waals surface area (Å²) in [5.41, 5.74) is -0.314. The van der Waals surface area contributed by atoms with E-state index in [-0.39, 0.29) is 35.7 Å². The molecule has 31 heavy (non-hydrogen) atoms. The molecule has 1 aliphatic heterocycles. The van der Waals surface area contributed by atoms with Crippen LogP contribution in [0.2, 0.25) is 0 Å². The summed E-state index contributed by atoms with van der Waals surface area (Å²) in [5.74, 6) is -3.01. The quantitative estimate of drug-likeness (QED) is 0.733. The molecule has 6 nitrogen and oxygen atoms in total. The lowest BCUT2D eigenvalue weighted by Crippen LogP contribution is -2.50. The van der Waals surface area contributed by atoms with Crippen LogP contribution >= 0.6 is 0 Å². The Bertz CT molecular complexity index is 1030. The fraction of sp³-hybridized carbons (Fsp3) is 0.500. The third-order valence-electron chi connectivity index (χ3n) is 6.37. The van der Waals surface area contributed by atoms with Crippen molar-refractivity contribution in [3.8, 4) is 5.75 Å². The average molecular weight is 435 g/mol. The van der Waals surface area contributed by atoms with Crippen LogP contribution in [0.25, 0.3) is 0 Å². The van der Waals surface area contributed by atoms with Crippen LogP contribution in [0.1, 0.15) is 43.5 Å². The average Bonchev–Trinajstić information content (AvgIpc) is 2.73. The van der Waals surface area contributed by atoms with Crippen LogP contribution in [0, 0.1) is 29.3 Å². The number of methoxy groups -OCH3 is 1. The fourth-order valence-electron chi connectivity index (χ4n) is 4.88. The van der Waals surface area contributed by atoms with E-state index in [1.165, 1.54) is 13.3 Å². The van der Waals surface area contributed by atoms with Crippen molar-refractivity contribution < 1.29 is 22.7 Å². The molecular formula is C22H24F3N3O3. The third-order valence-corrected chi connectivity index (χ3v) is 6.37. The Kier molecular flexibility index (Phi) is 6.02. The highest BCUT2D eigenvalue weighted by atomic mass is 19.2. The van der Waals surface area contributed by atoms with Crippen molar-refractivity contribution in [2.24, 2.45) is 11.8 Å². The smallest absolute Gasteiger partial charge is 0.315 e. The second kappa shape index (κ2) is 8.72. The van der Waals surface area contributed by atoms with E-state index in [0.717, 1.165) is 37.8 Å². The standard InChI is InChI=1S/C22H24F3N3O3/c1-31-18-11-28(10-12-7-15(23)21(25)16(24)8-12)19(27-22(18)30)9-13-3-2-4-17-14(13)5-6-20(29)26-17/h7-8,11,13-14,17H,2-6,9-10H2,1H3,(H,26,29). The lowest BCUT2D eigenvalue weighted by molar-refractivity contribution is -0.125. The highest BCUT2D eigenvalue weighted by Gasteiger charge is 2.37. The number of nitrogens with zero attached hydrogens (tertiary/aromatic N) is 2. The molecule has 1 aromatic heterocycles. The van der Waals surface area contributed by atoms with Gasteiger partial charge in [-0.1, -0.05) is 6.42 Å². The zero-order valence-electron chi connectivity index (χ0n) is 17.2. The molecule has 1 saturated carbocycles. The molecule has 3 atom stereocenters. The second-order valence-electron chi connectivity index (χ2n) is 8.30. The van der Waals surface area contributed by atoms with Crippen molar-refractivity contribution in [3.05, 3.63) is 57.5 Å². The van der Waals surface area contributed by atoms with Crippen LogP contribution in [0.4, 0.5) is 13.2 Å². The van der Waals surface area contributed by atoms with E-state index in [9.17, 15) is 22.8 Å².